The molecule has 1 N–H and O–H groups in total. The summed E-state index contributed by atoms with van der Waals surface area (Å²) in [5, 5.41) is 4.97. The van der Waals surface area contributed by atoms with Crippen molar-refractivity contribution in [3.05, 3.63) is 77.1 Å². The minimum Gasteiger partial charge on any atom is -0.323 e. The second kappa shape index (κ2) is 6.16. The Morgan fingerprint density at radius 1 is 1.05 bits per heavy atom. The molecule has 0 spiro atoms. The second-order valence-electron chi connectivity index (χ2n) is 4.99. The van der Waals surface area contributed by atoms with Gasteiger partial charge in [-0.05, 0) is 34.5 Å². The average molecular weight is 314 g/mol. The Balaban J connectivity index is 1.81. The topological polar surface area (TPSA) is 29.1 Å². The molecule has 22 heavy (non-hydrogen) atoms. The lowest BCUT2D eigenvalue weighted by atomic mass is 10.0. The summed E-state index contributed by atoms with van der Waals surface area (Å²) in [6.45, 7) is 0. The van der Waals surface area contributed by atoms with E-state index in [1.807, 2.05) is 42.5 Å². The monoisotopic (exact) mass is 313 g/mol. The minimum atomic E-state index is -0.543. The molecule has 0 aliphatic rings. The summed E-state index contributed by atoms with van der Waals surface area (Å²) < 4.78 is 13.7. The highest BCUT2D eigenvalue weighted by Gasteiger charge is 2.10. The van der Waals surface area contributed by atoms with E-state index in [9.17, 15) is 9.18 Å². The molecule has 1 amide bonds. The SMILES string of the molecule is O=C(Cc1cccc2ccccc12)Nc1ccc(Cl)cc1F. The molecule has 0 atom stereocenters. The largest absolute Gasteiger partial charge is 0.323 e. The van der Waals surface area contributed by atoms with Gasteiger partial charge in [0.2, 0.25) is 5.91 Å². The first kappa shape index (κ1) is 14.5. The van der Waals surface area contributed by atoms with Crippen LogP contribution < -0.4 is 5.32 Å². The summed E-state index contributed by atoms with van der Waals surface area (Å²) in [4.78, 5) is 12.2. The fourth-order valence-electron chi connectivity index (χ4n) is 2.40. The average Bonchev–Trinajstić information content (AvgIpc) is 2.50. The lowest BCUT2D eigenvalue weighted by Crippen LogP contribution is -2.15. The van der Waals surface area contributed by atoms with Crippen LogP contribution in [0.1, 0.15) is 5.56 Å². The highest BCUT2D eigenvalue weighted by atomic mass is 35.5. The van der Waals surface area contributed by atoms with Crippen molar-refractivity contribution < 1.29 is 9.18 Å². The number of amides is 1. The van der Waals surface area contributed by atoms with E-state index in [2.05, 4.69) is 5.32 Å². The van der Waals surface area contributed by atoms with E-state index in [0.29, 0.717) is 5.02 Å². The van der Waals surface area contributed by atoms with E-state index in [-0.39, 0.29) is 18.0 Å². The van der Waals surface area contributed by atoms with Gasteiger partial charge in [0.05, 0.1) is 12.1 Å². The van der Waals surface area contributed by atoms with Gasteiger partial charge in [-0.1, -0.05) is 54.1 Å². The van der Waals surface area contributed by atoms with Crippen LogP contribution in [-0.2, 0) is 11.2 Å². The van der Waals surface area contributed by atoms with Gasteiger partial charge in [0.1, 0.15) is 5.82 Å². The number of anilines is 1. The third-order valence-corrected chi connectivity index (χ3v) is 3.67. The first-order valence-corrected chi connectivity index (χ1v) is 7.23. The van der Waals surface area contributed by atoms with Crippen LogP contribution in [-0.4, -0.2) is 5.91 Å². The molecule has 3 aromatic carbocycles. The zero-order chi connectivity index (χ0) is 15.5. The summed E-state index contributed by atoms with van der Waals surface area (Å²) in [5.74, 6) is -0.809. The molecule has 0 aliphatic carbocycles. The number of rotatable bonds is 3. The molecule has 3 aromatic rings. The van der Waals surface area contributed by atoms with E-state index in [0.717, 1.165) is 16.3 Å². The van der Waals surface area contributed by atoms with E-state index < -0.39 is 5.82 Å². The zero-order valence-corrected chi connectivity index (χ0v) is 12.4. The predicted molar refractivity (Wildman–Crippen MR) is 87.7 cm³/mol. The molecule has 0 aromatic heterocycles. The van der Waals surface area contributed by atoms with Crippen molar-refractivity contribution in [2.45, 2.75) is 6.42 Å². The maximum Gasteiger partial charge on any atom is 0.228 e. The Morgan fingerprint density at radius 2 is 1.82 bits per heavy atom. The Morgan fingerprint density at radius 3 is 2.64 bits per heavy atom. The van der Waals surface area contributed by atoms with Crippen molar-refractivity contribution in [3.63, 3.8) is 0 Å². The van der Waals surface area contributed by atoms with Gasteiger partial charge in [-0.3, -0.25) is 4.79 Å². The van der Waals surface area contributed by atoms with Crippen LogP contribution in [0.25, 0.3) is 10.8 Å². The summed E-state index contributed by atoms with van der Waals surface area (Å²) in [6, 6.07) is 17.8. The zero-order valence-electron chi connectivity index (χ0n) is 11.6. The van der Waals surface area contributed by atoms with E-state index in [1.165, 1.54) is 18.2 Å². The van der Waals surface area contributed by atoms with Crippen LogP contribution in [0, 0.1) is 5.82 Å². The van der Waals surface area contributed by atoms with Gasteiger partial charge in [-0.15, -0.1) is 0 Å². The molecule has 0 saturated carbocycles. The van der Waals surface area contributed by atoms with Crippen molar-refractivity contribution in [2.75, 3.05) is 5.32 Å². The number of halogens is 2. The van der Waals surface area contributed by atoms with E-state index in [1.54, 1.807) is 0 Å². The number of fused-ring (bicyclic) bond motifs is 1. The minimum absolute atomic E-state index is 0.134. The van der Waals surface area contributed by atoms with Gasteiger partial charge in [0, 0.05) is 5.02 Å². The van der Waals surface area contributed by atoms with Gasteiger partial charge >= 0.3 is 0 Å². The number of hydrogen-bond acceptors (Lipinski definition) is 1. The van der Waals surface area contributed by atoms with Crippen LogP contribution >= 0.6 is 11.6 Å². The standard InChI is InChI=1S/C18H13ClFNO/c19-14-8-9-17(16(20)11-14)21-18(22)10-13-6-3-5-12-4-1-2-7-15(12)13/h1-9,11H,10H2,(H,21,22). The molecular formula is C18H13ClFNO. The Bertz CT molecular complexity index is 842. The summed E-state index contributed by atoms with van der Waals surface area (Å²) in [6.07, 6.45) is 0.184. The lowest BCUT2D eigenvalue weighted by molar-refractivity contribution is -0.115. The highest BCUT2D eigenvalue weighted by Crippen LogP contribution is 2.21. The number of carbonyl (C=O) groups excluding carboxylic acids is 1. The summed E-state index contributed by atoms with van der Waals surface area (Å²) in [7, 11) is 0. The van der Waals surface area contributed by atoms with Crippen LogP contribution in [0.3, 0.4) is 0 Å². The normalized spacial score (nSPS) is 10.6. The molecule has 0 unspecified atom stereocenters. The highest BCUT2D eigenvalue weighted by molar-refractivity contribution is 6.30. The Kier molecular flexibility index (Phi) is 4.07. The van der Waals surface area contributed by atoms with Crippen LogP contribution in [0.15, 0.2) is 60.7 Å². The number of hydrogen-bond donors (Lipinski definition) is 1. The van der Waals surface area contributed by atoms with Gasteiger partial charge in [-0.25, -0.2) is 4.39 Å². The number of carbonyl (C=O) groups is 1. The molecule has 0 saturated heterocycles. The van der Waals surface area contributed by atoms with E-state index in [4.69, 9.17) is 11.6 Å². The third-order valence-electron chi connectivity index (χ3n) is 3.44. The molecule has 0 radical (unpaired) electrons. The third kappa shape index (κ3) is 3.10. The van der Waals surface area contributed by atoms with Crippen molar-refractivity contribution >= 4 is 34.0 Å². The molecule has 0 aliphatic heterocycles. The van der Waals surface area contributed by atoms with Crippen molar-refractivity contribution in [2.24, 2.45) is 0 Å². The Hall–Kier alpha value is -2.39. The maximum absolute atomic E-state index is 13.7. The molecule has 2 nitrogen and oxygen atoms in total. The lowest BCUT2D eigenvalue weighted by Gasteiger charge is -2.09. The van der Waals surface area contributed by atoms with Crippen molar-refractivity contribution in [1.29, 1.82) is 0 Å². The van der Waals surface area contributed by atoms with Gasteiger partial charge < -0.3 is 5.32 Å². The molecule has 0 fully saturated rings. The fraction of sp³-hybridized carbons (Fsp3) is 0.0556. The number of nitrogens with one attached hydrogen (secondary N) is 1. The van der Waals surface area contributed by atoms with Crippen LogP contribution in [0.5, 0.6) is 0 Å². The predicted octanol–water partition coefficient (Wildman–Crippen LogP) is 4.81. The maximum atomic E-state index is 13.7. The van der Waals surface area contributed by atoms with Gasteiger partial charge in [0.25, 0.3) is 0 Å². The Labute approximate surface area is 132 Å². The van der Waals surface area contributed by atoms with Crippen molar-refractivity contribution in [1.82, 2.24) is 0 Å². The van der Waals surface area contributed by atoms with Gasteiger partial charge in [0.15, 0.2) is 0 Å². The first-order chi connectivity index (χ1) is 10.6. The van der Waals surface area contributed by atoms with Gasteiger partial charge in [-0.2, -0.15) is 0 Å². The first-order valence-electron chi connectivity index (χ1n) is 6.85. The summed E-state index contributed by atoms with van der Waals surface area (Å²) >= 11 is 5.70. The summed E-state index contributed by atoms with van der Waals surface area (Å²) in [5.41, 5.74) is 1.04. The molecule has 4 heteroatoms. The van der Waals surface area contributed by atoms with E-state index >= 15 is 0 Å². The smallest absolute Gasteiger partial charge is 0.228 e. The van der Waals surface area contributed by atoms with Crippen LogP contribution in [0.4, 0.5) is 10.1 Å². The fourth-order valence-corrected chi connectivity index (χ4v) is 2.56. The quantitative estimate of drug-likeness (QED) is 0.738. The molecule has 3 rings (SSSR count). The second-order valence-corrected chi connectivity index (χ2v) is 5.42. The molecule has 0 heterocycles. The van der Waals surface area contributed by atoms with Crippen molar-refractivity contribution in [3.8, 4) is 0 Å². The molecular weight excluding hydrogens is 301 g/mol. The number of benzene rings is 3. The molecule has 0 bridgehead atoms. The van der Waals surface area contributed by atoms with Crippen LogP contribution in [0.2, 0.25) is 5.02 Å². The molecule has 110 valence electrons.